The van der Waals surface area contributed by atoms with Gasteiger partial charge in [0, 0.05) is 18.5 Å². The fourth-order valence-corrected chi connectivity index (χ4v) is 1.10. The molecule has 0 fully saturated rings. The normalized spacial score (nSPS) is 9.75. The van der Waals surface area contributed by atoms with Crippen molar-refractivity contribution in [2.24, 2.45) is 0 Å². The molecule has 0 aliphatic rings. The molecule has 0 heterocycles. The number of halogens is 2. The van der Waals surface area contributed by atoms with Crippen molar-refractivity contribution in [1.82, 2.24) is 5.32 Å². The highest BCUT2D eigenvalue weighted by Gasteiger charge is 2.03. The Morgan fingerprint density at radius 3 is 2.94 bits per heavy atom. The van der Waals surface area contributed by atoms with Gasteiger partial charge in [-0.15, -0.1) is 0 Å². The van der Waals surface area contributed by atoms with Crippen molar-refractivity contribution in [2.75, 3.05) is 13.6 Å². The molecule has 86 valence electrons. The molecule has 2 nitrogen and oxygen atoms in total. The van der Waals surface area contributed by atoms with Gasteiger partial charge in [-0.05, 0) is 25.2 Å². The van der Waals surface area contributed by atoms with Crippen LogP contribution in [0.15, 0.2) is 24.3 Å². The Bertz CT molecular complexity index is 382. The third kappa shape index (κ3) is 4.76. The Balaban J connectivity index is 2.62. The van der Waals surface area contributed by atoms with E-state index in [-0.39, 0.29) is 5.75 Å². The summed E-state index contributed by atoms with van der Waals surface area (Å²) in [4.78, 5) is 0. The Kier molecular flexibility index (Phi) is 5.30. The molecule has 0 aliphatic carbocycles. The van der Waals surface area contributed by atoms with E-state index in [0.717, 1.165) is 13.0 Å². The van der Waals surface area contributed by atoms with Crippen molar-refractivity contribution in [2.45, 2.75) is 13.0 Å². The fraction of sp³-hybridized carbons (Fsp3) is 0.333. The molecule has 1 rings (SSSR count). The van der Waals surface area contributed by atoms with E-state index in [9.17, 15) is 8.78 Å². The fourth-order valence-electron chi connectivity index (χ4n) is 1.10. The van der Waals surface area contributed by atoms with Crippen molar-refractivity contribution < 1.29 is 13.5 Å². The van der Waals surface area contributed by atoms with Crippen molar-refractivity contribution >= 4 is 0 Å². The Morgan fingerprint density at radius 2 is 2.25 bits per heavy atom. The van der Waals surface area contributed by atoms with Gasteiger partial charge < -0.3 is 10.1 Å². The Morgan fingerprint density at radius 1 is 1.44 bits per heavy atom. The van der Waals surface area contributed by atoms with Gasteiger partial charge in [0.15, 0.2) is 0 Å². The predicted molar refractivity (Wildman–Crippen MR) is 58.5 cm³/mol. The zero-order valence-electron chi connectivity index (χ0n) is 8.97. The predicted octanol–water partition coefficient (Wildman–Crippen LogP) is 2.25. The molecule has 0 aliphatic heterocycles. The number of benzene rings is 1. The first-order chi connectivity index (χ1) is 7.72. The van der Waals surface area contributed by atoms with E-state index in [1.807, 2.05) is 7.05 Å². The summed E-state index contributed by atoms with van der Waals surface area (Å²) in [5, 5.41) is 2.97. The van der Waals surface area contributed by atoms with Gasteiger partial charge >= 0.3 is 6.61 Å². The molecule has 1 N–H and O–H groups in total. The van der Waals surface area contributed by atoms with Gasteiger partial charge in [-0.3, -0.25) is 0 Å². The SMILES string of the molecule is CNCCC#Cc1cccc(OC(F)F)c1. The van der Waals surface area contributed by atoms with Crippen LogP contribution < -0.4 is 10.1 Å². The molecule has 0 bridgehead atoms. The minimum atomic E-state index is -2.80. The second kappa shape index (κ2) is 6.81. The second-order valence-electron chi connectivity index (χ2n) is 3.06. The lowest BCUT2D eigenvalue weighted by atomic mass is 10.2. The molecule has 0 aromatic heterocycles. The van der Waals surface area contributed by atoms with Crippen LogP contribution in [0.25, 0.3) is 0 Å². The highest BCUT2D eigenvalue weighted by molar-refractivity contribution is 5.39. The number of ether oxygens (including phenoxy) is 1. The maximum absolute atomic E-state index is 11.9. The van der Waals surface area contributed by atoms with E-state index >= 15 is 0 Å². The average Bonchev–Trinajstić information content (AvgIpc) is 2.24. The first-order valence-corrected chi connectivity index (χ1v) is 4.90. The van der Waals surface area contributed by atoms with Crippen LogP contribution in [-0.2, 0) is 0 Å². The molecular formula is C12H13F2NO. The summed E-state index contributed by atoms with van der Waals surface area (Å²) in [6.07, 6.45) is 0.719. The third-order valence-corrected chi connectivity index (χ3v) is 1.79. The van der Waals surface area contributed by atoms with Crippen LogP contribution in [-0.4, -0.2) is 20.2 Å². The Hall–Kier alpha value is -1.60. The van der Waals surface area contributed by atoms with Crippen LogP contribution in [0.1, 0.15) is 12.0 Å². The molecule has 4 heteroatoms. The molecule has 0 amide bonds. The molecule has 0 spiro atoms. The van der Waals surface area contributed by atoms with Crippen LogP contribution >= 0.6 is 0 Å². The number of nitrogens with one attached hydrogen (secondary N) is 1. The zero-order valence-corrected chi connectivity index (χ0v) is 8.97. The van der Waals surface area contributed by atoms with Crippen LogP contribution in [0, 0.1) is 11.8 Å². The van der Waals surface area contributed by atoms with Crippen LogP contribution in [0.4, 0.5) is 8.78 Å². The number of hydrogen-bond donors (Lipinski definition) is 1. The zero-order chi connectivity index (χ0) is 11.8. The molecule has 16 heavy (non-hydrogen) atoms. The average molecular weight is 225 g/mol. The van der Waals surface area contributed by atoms with E-state index in [2.05, 4.69) is 21.9 Å². The quantitative estimate of drug-likeness (QED) is 0.627. The summed E-state index contributed by atoms with van der Waals surface area (Å²) in [5.74, 6) is 5.94. The van der Waals surface area contributed by atoms with Crippen molar-refractivity contribution in [3.8, 4) is 17.6 Å². The van der Waals surface area contributed by atoms with Gasteiger partial charge in [0.05, 0.1) is 0 Å². The monoisotopic (exact) mass is 225 g/mol. The number of rotatable bonds is 4. The van der Waals surface area contributed by atoms with Crippen molar-refractivity contribution in [1.29, 1.82) is 0 Å². The van der Waals surface area contributed by atoms with Crippen LogP contribution in [0.5, 0.6) is 5.75 Å². The summed E-state index contributed by atoms with van der Waals surface area (Å²) in [7, 11) is 1.85. The summed E-state index contributed by atoms with van der Waals surface area (Å²) in [6, 6.07) is 6.37. The van der Waals surface area contributed by atoms with Crippen LogP contribution in [0.2, 0.25) is 0 Å². The lowest BCUT2D eigenvalue weighted by Gasteiger charge is -2.03. The highest BCUT2D eigenvalue weighted by atomic mass is 19.3. The molecule has 0 unspecified atom stereocenters. The molecule has 1 aromatic rings. The van der Waals surface area contributed by atoms with Gasteiger partial charge in [0.25, 0.3) is 0 Å². The van der Waals surface area contributed by atoms with Crippen LogP contribution in [0.3, 0.4) is 0 Å². The third-order valence-electron chi connectivity index (χ3n) is 1.79. The van der Waals surface area contributed by atoms with E-state index in [0.29, 0.717) is 5.56 Å². The smallest absolute Gasteiger partial charge is 0.387 e. The van der Waals surface area contributed by atoms with Gasteiger partial charge in [0.2, 0.25) is 0 Å². The maximum atomic E-state index is 11.9. The standard InChI is InChI=1S/C12H13F2NO/c1-15-8-3-2-5-10-6-4-7-11(9-10)16-12(13)14/h4,6-7,9,12,15H,3,8H2,1H3. The van der Waals surface area contributed by atoms with Gasteiger partial charge in [0.1, 0.15) is 5.75 Å². The number of alkyl halides is 2. The van der Waals surface area contributed by atoms with Gasteiger partial charge in [-0.2, -0.15) is 8.78 Å². The highest BCUT2D eigenvalue weighted by Crippen LogP contribution is 2.15. The lowest BCUT2D eigenvalue weighted by Crippen LogP contribution is -2.05. The van der Waals surface area contributed by atoms with E-state index < -0.39 is 6.61 Å². The summed E-state index contributed by atoms with van der Waals surface area (Å²) >= 11 is 0. The van der Waals surface area contributed by atoms with E-state index in [1.165, 1.54) is 12.1 Å². The topological polar surface area (TPSA) is 21.3 Å². The van der Waals surface area contributed by atoms with Crippen molar-refractivity contribution in [3.63, 3.8) is 0 Å². The second-order valence-corrected chi connectivity index (χ2v) is 3.06. The molecular weight excluding hydrogens is 212 g/mol. The minimum absolute atomic E-state index is 0.135. The largest absolute Gasteiger partial charge is 0.435 e. The minimum Gasteiger partial charge on any atom is -0.435 e. The number of hydrogen-bond acceptors (Lipinski definition) is 2. The summed E-state index contributed by atoms with van der Waals surface area (Å²) in [5.41, 5.74) is 0.675. The van der Waals surface area contributed by atoms with Crippen molar-refractivity contribution in [3.05, 3.63) is 29.8 Å². The Labute approximate surface area is 93.6 Å². The lowest BCUT2D eigenvalue weighted by molar-refractivity contribution is -0.0498. The molecule has 0 atom stereocenters. The maximum Gasteiger partial charge on any atom is 0.387 e. The molecule has 0 radical (unpaired) electrons. The first-order valence-electron chi connectivity index (χ1n) is 4.90. The molecule has 0 saturated heterocycles. The first kappa shape index (κ1) is 12.5. The summed E-state index contributed by atoms with van der Waals surface area (Å²) < 4.78 is 28.1. The molecule has 0 saturated carbocycles. The van der Waals surface area contributed by atoms with Gasteiger partial charge in [-0.25, -0.2) is 0 Å². The van der Waals surface area contributed by atoms with E-state index in [1.54, 1.807) is 12.1 Å². The molecule has 1 aromatic carbocycles. The summed E-state index contributed by atoms with van der Waals surface area (Å²) in [6.45, 7) is -1.99. The van der Waals surface area contributed by atoms with E-state index in [4.69, 9.17) is 0 Å². The van der Waals surface area contributed by atoms with Gasteiger partial charge in [-0.1, -0.05) is 17.9 Å².